The minimum atomic E-state index is -4.39. The normalized spacial score (nSPS) is 14.7. The molecule has 0 saturated carbocycles. The predicted molar refractivity (Wildman–Crippen MR) is 85.1 cm³/mol. The Hall–Kier alpha value is -1.44. The Balaban J connectivity index is 2.93. The molecule has 4 nitrogen and oxygen atoms in total. The number of rotatable bonds is 6. The van der Waals surface area contributed by atoms with Gasteiger partial charge in [0.05, 0.1) is 22.3 Å². The summed E-state index contributed by atoms with van der Waals surface area (Å²) in [6.07, 6.45) is -1.81. The summed E-state index contributed by atoms with van der Waals surface area (Å²) in [5, 5.41) is 0. The summed E-state index contributed by atoms with van der Waals surface area (Å²) in [4.78, 5) is 4.08. The molecular weight excluding hydrogens is 329 g/mol. The number of aromatic nitrogens is 1. The maximum Gasteiger partial charge on any atom is 0.422 e. The summed E-state index contributed by atoms with van der Waals surface area (Å²) in [5.74, 6) is 0.0267. The highest BCUT2D eigenvalue weighted by Gasteiger charge is 2.28. The van der Waals surface area contributed by atoms with Crippen LogP contribution in [0.2, 0.25) is 0 Å². The van der Waals surface area contributed by atoms with Gasteiger partial charge in [0.1, 0.15) is 16.7 Å². The standard InChI is InChI=1S/C15H21F3N2O2S/c1-5-6-13(20-23(21)14(2,3)4)12-8-7-11(9-19-12)22-10-15(16,17)18/h7-9H,5-6,10H2,1-4H3. The van der Waals surface area contributed by atoms with E-state index in [-0.39, 0.29) is 5.75 Å². The zero-order valence-corrected chi connectivity index (χ0v) is 14.4. The molecule has 0 N–H and O–H groups in total. The first-order valence-corrected chi connectivity index (χ1v) is 8.29. The Kier molecular flexibility index (Phi) is 6.73. The molecule has 0 aromatic carbocycles. The second-order valence-corrected chi connectivity index (χ2v) is 7.84. The molecule has 0 aliphatic carbocycles. The summed E-state index contributed by atoms with van der Waals surface area (Å²) in [6.45, 7) is 6.04. The molecule has 1 atom stereocenters. The maximum absolute atomic E-state index is 12.1. The molecular formula is C15H21F3N2O2S. The predicted octanol–water partition coefficient (Wildman–Crippen LogP) is 4.07. The highest BCUT2D eigenvalue weighted by Crippen LogP contribution is 2.19. The maximum atomic E-state index is 12.1. The van der Waals surface area contributed by atoms with E-state index in [1.165, 1.54) is 18.3 Å². The topological polar surface area (TPSA) is 51.5 Å². The van der Waals surface area contributed by atoms with Gasteiger partial charge >= 0.3 is 6.18 Å². The first-order valence-electron chi connectivity index (χ1n) is 7.18. The van der Waals surface area contributed by atoms with Crippen molar-refractivity contribution in [3.05, 3.63) is 24.0 Å². The van der Waals surface area contributed by atoms with Crippen LogP contribution in [-0.2, 0) is 11.0 Å². The van der Waals surface area contributed by atoms with E-state index in [0.29, 0.717) is 17.8 Å². The summed E-state index contributed by atoms with van der Waals surface area (Å²) in [7, 11) is -1.42. The van der Waals surface area contributed by atoms with Crippen LogP contribution < -0.4 is 4.74 Å². The van der Waals surface area contributed by atoms with Gasteiger partial charge < -0.3 is 4.74 Å². The van der Waals surface area contributed by atoms with Gasteiger partial charge in [-0.2, -0.15) is 17.6 Å². The molecule has 0 aliphatic rings. The second-order valence-electron chi connectivity index (χ2n) is 5.93. The molecule has 1 rings (SSSR count). The highest BCUT2D eigenvalue weighted by molar-refractivity contribution is 7.85. The smallest absolute Gasteiger partial charge is 0.422 e. The fraction of sp³-hybridized carbons (Fsp3) is 0.600. The Morgan fingerprint density at radius 2 is 1.96 bits per heavy atom. The zero-order valence-electron chi connectivity index (χ0n) is 13.6. The molecule has 0 radical (unpaired) electrons. The van der Waals surface area contributed by atoms with Crippen LogP contribution in [0.5, 0.6) is 5.75 Å². The van der Waals surface area contributed by atoms with Gasteiger partial charge in [-0.25, -0.2) is 4.21 Å². The average Bonchev–Trinajstić information content (AvgIpc) is 2.43. The number of nitrogens with zero attached hydrogens (tertiary/aromatic N) is 2. The van der Waals surface area contributed by atoms with Crippen LogP contribution in [0.4, 0.5) is 13.2 Å². The Bertz CT molecular complexity index is 564. The van der Waals surface area contributed by atoms with Crippen molar-refractivity contribution >= 4 is 16.7 Å². The number of halogens is 3. The number of hydrogen-bond acceptors (Lipinski definition) is 3. The summed E-state index contributed by atoms with van der Waals surface area (Å²) in [6, 6.07) is 2.93. The fourth-order valence-electron chi connectivity index (χ4n) is 1.50. The average molecular weight is 350 g/mol. The lowest BCUT2D eigenvalue weighted by molar-refractivity contribution is -0.153. The van der Waals surface area contributed by atoms with Gasteiger partial charge in [-0.1, -0.05) is 13.3 Å². The van der Waals surface area contributed by atoms with Crippen LogP contribution in [-0.4, -0.2) is 32.4 Å². The molecule has 0 aliphatic heterocycles. The quantitative estimate of drug-likeness (QED) is 0.727. The number of ether oxygens (including phenoxy) is 1. The van der Waals surface area contributed by atoms with Crippen molar-refractivity contribution in [1.82, 2.24) is 4.98 Å². The summed E-state index contributed by atoms with van der Waals surface area (Å²) < 4.78 is 56.8. The van der Waals surface area contributed by atoms with Gasteiger partial charge in [-0.3, -0.25) is 4.98 Å². The molecule has 8 heteroatoms. The van der Waals surface area contributed by atoms with E-state index in [1.54, 1.807) is 0 Å². The van der Waals surface area contributed by atoms with Crippen LogP contribution in [0.25, 0.3) is 0 Å². The third-order valence-electron chi connectivity index (χ3n) is 2.64. The Labute approximate surface area is 136 Å². The Morgan fingerprint density at radius 1 is 1.30 bits per heavy atom. The second kappa shape index (κ2) is 7.90. The van der Waals surface area contributed by atoms with E-state index < -0.39 is 28.5 Å². The molecule has 0 spiro atoms. The summed E-state index contributed by atoms with van der Waals surface area (Å²) in [5.41, 5.74) is 1.06. The van der Waals surface area contributed by atoms with Crippen molar-refractivity contribution in [2.75, 3.05) is 6.61 Å². The minimum Gasteiger partial charge on any atom is -0.483 e. The van der Waals surface area contributed by atoms with Gasteiger partial charge in [0.25, 0.3) is 0 Å². The van der Waals surface area contributed by atoms with E-state index >= 15 is 0 Å². The molecule has 1 unspecified atom stereocenters. The molecule has 0 bridgehead atoms. The van der Waals surface area contributed by atoms with E-state index in [1.807, 2.05) is 27.7 Å². The van der Waals surface area contributed by atoms with E-state index in [4.69, 9.17) is 0 Å². The molecule has 1 aromatic rings. The monoisotopic (exact) mass is 350 g/mol. The molecule has 1 aromatic heterocycles. The van der Waals surface area contributed by atoms with Crippen molar-refractivity contribution in [3.63, 3.8) is 0 Å². The van der Waals surface area contributed by atoms with E-state index in [0.717, 1.165) is 6.42 Å². The number of hydrogen-bond donors (Lipinski definition) is 0. The largest absolute Gasteiger partial charge is 0.483 e. The van der Waals surface area contributed by atoms with Crippen molar-refractivity contribution in [2.24, 2.45) is 4.40 Å². The lowest BCUT2D eigenvalue weighted by atomic mass is 10.1. The lowest BCUT2D eigenvalue weighted by Crippen LogP contribution is -2.21. The van der Waals surface area contributed by atoms with Crippen LogP contribution in [0.15, 0.2) is 22.7 Å². The third-order valence-corrected chi connectivity index (χ3v) is 4.07. The van der Waals surface area contributed by atoms with Crippen molar-refractivity contribution in [3.8, 4) is 5.75 Å². The highest BCUT2D eigenvalue weighted by atomic mass is 32.2. The van der Waals surface area contributed by atoms with E-state index in [9.17, 15) is 17.4 Å². The van der Waals surface area contributed by atoms with Crippen LogP contribution >= 0.6 is 0 Å². The van der Waals surface area contributed by atoms with Gasteiger partial charge in [-0.15, -0.1) is 0 Å². The van der Waals surface area contributed by atoms with Crippen molar-refractivity contribution < 1.29 is 22.1 Å². The van der Waals surface area contributed by atoms with Crippen LogP contribution in [0, 0.1) is 0 Å². The lowest BCUT2D eigenvalue weighted by Gasteiger charge is -2.15. The molecule has 23 heavy (non-hydrogen) atoms. The Morgan fingerprint density at radius 3 is 2.39 bits per heavy atom. The third kappa shape index (κ3) is 7.11. The van der Waals surface area contributed by atoms with Crippen molar-refractivity contribution in [1.29, 1.82) is 0 Å². The number of pyridine rings is 1. The zero-order chi connectivity index (χ0) is 17.7. The fourth-order valence-corrected chi connectivity index (χ4v) is 2.15. The number of alkyl halides is 3. The van der Waals surface area contributed by atoms with E-state index in [2.05, 4.69) is 14.1 Å². The van der Waals surface area contributed by atoms with Gasteiger partial charge in [-0.05, 0) is 39.3 Å². The van der Waals surface area contributed by atoms with Crippen LogP contribution in [0.3, 0.4) is 0 Å². The van der Waals surface area contributed by atoms with Gasteiger partial charge in [0.15, 0.2) is 6.61 Å². The van der Waals surface area contributed by atoms with Crippen molar-refractivity contribution in [2.45, 2.75) is 51.5 Å². The van der Waals surface area contributed by atoms with Gasteiger partial charge in [0.2, 0.25) is 0 Å². The first kappa shape index (κ1) is 19.6. The molecule has 0 amide bonds. The van der Waals surface area contributed by atoms with Gasteiger partial charge in [0, 0.05) is 0 Å². The molecule has 1 heterocycles. The van der Waals surface area contributed by atoms with Crippen LogP contribution in [0.1, 0.15) is 46.2 Å². The summed E-state index contributed by atoms with van der Waals surface area (Å²) >= 11 is 0. The minimum absolute atomic E-state index is 0.0267. The molecule has 0 fully saturated rings. The SMILES string of the molecule is CCCC(=NS(=O)C(C)(C)C)c1ccc(OCC(F)(F)F)cn1. The molecule has 130 valence electrons. The first-order chi connectivity index (χ1) is 10.5. The molecule has 0 saturated heterocycles.